The summed E-state index contributed by atoms with van der Waals surface area (Å²) in [7, 11) is 0. The number of unbranched alkanes of at least 4 members (excludes halogenated alkanes) is 21. The molecule has 384 valence electrons. The van der Waals surface area contributed by atoms with Crippen molar-refractivity contribution in [3.8, 4) is 0 Å². The predicted octanol–water partition coefficient (Wildman–Crippen LogP) is 22.3. The summed E-state index contributed by atoms with van der Waals surface area (Å²) in [6.45, 7) is 14.1. The highest BCUT2D eigenvalue weighted by Crippen LogP contribution is 2.50. The summed E-state index contributed by atoms with van der Waals surface area (Å²) in [6, 6.07) is 33.0. The highest BCUT2D eigenvalue weighted by Gasteiger charge is 2.42. The summed E-state index contributed by atoms with van der Waals surface area (Å²) in [5.74, 6) is 1.52. The van der Waals surface area contributed by atoms with Crippen molar-refractivity contribution >= 4 is 55.7 Å². The van der Waals surface area contributed by atoms with Crippen LogP contribution in [-0.2, 0) is 0 Å². The molecule has 0 amide bonds. The number of benzene rings is 5. The van der Waals surface area contributed by atoms with Gasteiger partial charge in [0.05, 0.1) is 22.7 Å². The SMILES string of the molecule is CCCCCCCCCCN1c2cccc3c(N=Nc4ccc(N=Nc5ccc(C6CCC(C)CC6)cc5)c5ccccc45)ccc(c23)N(CCCCCCCCCC)C1(C)CCCCCCCCCC. The molecule has 5 aromatic carbocycles. The zero-order chi connectivity index (χ0) is 49.5. The van der Waals surface area contributed by atoms with Crippen molar-refractivity contribution in [3.63, 3.8) is 0 Å². The fourth-order valence-corrected chi connectivity index (χ4v) is 12.0. The second-order valence-corrected chi connectivity index (χ2v) is 22.1. The van der Waals surface area contributed by atoms with Gasteiger partial charge in [-0.25, -0.2) is 0 Å². The smallest absolute Gasteiger partial charge is 0.110 e. The van der Waals surface area contributed by atoms with Gasteiger partial charge in [0.25, 0.3) is 0 Å². The maximum atomic E-state index is 5.12. The van der Waals surface area contributed by atoms with Gasteiger partial charge in [-0.2, -0.15) is 5.11 Å². The van der Waals surface area contributed by atoms with Crippen molar-refractivity contribution < 1.29 is 0 Å². The average Bonchev–Trinajstić information content (AvgIpc) is 3.39. The molecule has 1 aliphatic heterocycles. The van der Waals surface area contributed by atoms with E-state index in [0.717, 1.165) is 52.5 Å². The standard InChI is InChI=1S/C65H94N6/c1-6-9-12-15-18-21-24-29-49-65(5)70(50-30-25-22-19-16-13-10-7-2)62-36-32-35-58-61(47-48-63(64(58)62)71(65)51-31-26-23-20-17-14-11-8-3)69-68-60-46-45-59(56-33-27-28-34-57(56)60)67-66-55-43-41-54(42-44-55)53-39-37-52(4)38-40-53/h27-28,32-36,41-48,52-53H,6-26,29-31,37-40,49-51H2,1-5H3. The molecule has 1 unspecified atom stereocenters. The number of nitrogens with zero attached hydrogens (tertiary/aromatic N) is 6. The van der Waals surface area contributed by atoms with E-state index in [1.54, 1.807) is 0 Å². The third-order valence-corrected chi connectivity index (χ3v) is 16.5. The zero-order valence-electron chi connectivity index (χ0n) is 45.4. The van der Waals surface area contributed by atoms with Gasteiger partial charge < -0.3 is 9.80 Å². The molecular weight excluding hydrogens is 865 g/mol. The molecule has 0 spiro atoms. The molecular formula is C65H94N6. The Balaban J connectivity index is 1.15. The minimum atomic E-state index is -0.0932. The van der Waals surface area contributed by atoms with Crippen LogP contribution in [0.1, 0.15) is 232 Å². The highest BCUT2D eigenvalue weighted by atomic mass is 15.4. The first-order chi connectivity index (χ1) is 34.9. The van der Waals surface area contributed by atoms with Crippen LogP contribution < -0.4 is 9.80 Å². The molecule has 0 bridgehead atoms. The molecule has 6 nitrogen and oxygen atoms in total. The van der Waals surface area contributed by atoms with E-state index in [0.29, 0.717) is 5.92 Å². The van der Waals surface area contributed by atoms with Crippen LogP contribution in [0.25, 0.3) is 21.5 Å². The van der Waals surface area contributed by atoms with Crippen molar-refractivity contribution in [1.82, 2.24) is 0 Å². The number of hydrogen-bond donors (Lipinski definition) is 0. The highest BCUT2D eigenvalue weighted by molar-refractivity contribution is 6.10. The normalized spacial score (nSPS) is 18.3. The Labute approximate surface area is 432 Å². The first kappa shape index (κ1) is 54.2. The van der Waals surface area contributed by atoms with Crippen LogP contribution in [0.4, 0.5) is 34.1 Å². The predicted molar refractivity (Wildman–Crippen MR) is 309 cm³/mol. The van der Waals surface area contributed by atoms with Crippen molar-refractivity contribution in [2.75, 3.05) is 22.9 Å². The van der Waals surface area contributed by atoms with E-state index in [9.17, 15) is 0 Å². The van der Waals surface area contributed by atoms with Crippen LogP contribution >= 0.6 is 0 Å². The molecule has 0 radical (unpaired) electrons. The second kappa shape index (κ2) is 29.2. The van der Waals surface area contributed by atoms with E-state index < -0.39 is 0 Å². The number of azo groups is 2. The molecule has 1 saturated carbocycles. The average molecular weight is 960 g/mol. The van der Waals surface area contributed by atoms with Crippen LogP contribution in [0, 0.1) is 5.92 Å². The molecule has 71 heavy (non-hydrogen) atoms. The quantitative estimate of drug-likeness (QED) is 0.0319. The largest absolute Gasteiger partial charge is 0.348 e. The van der Waals surface area contributed by atoms with E-state index in [1.165, 1.54) is 214 Å². The molecule has 7 rings (SSSR count). The summed E-state index contributed by atoms with van der Waals surface area (Å²) in [6.07, 6.45) is 38.5. The lowest BCUT2D eigenvalue weighted by Crippen LogP contribution is -2.62. The van der Waals surface area contributed by atoms with Gasteiger partial charge in [0.2, 0.25) is 0 Å². The van der Waals surface area contributed by atoms with Crippen LogP contribution in [0.3, 0.4) is 0 Å². The Morgan fingerprint density at radius 3 is 1.37 bits per heavy atom. The number of anilines is 2. The van der Waals surface area contributed by atoms with Gasteiger partial charge >= 0.3 is 0 Å². The Hall–Kier alpha value is -4.58. The summed E-state index contributed by atoms with van der Waals surface area (Å²) < 4.78 is 0. The zero-order valence-corrected chi connectivity index (χ0v) is 45.4. The molecule has 0 saturated heterocycles. The summed E-state index contributed by atoms with van der Waals surface area (Å²) in [5.41, 5.74) is 7.60. The molecule has 1 heterocycles. The van der Waals surface area contributed by atoms with Gasteiger partial charge in [-0.1, -0.05) is 224 Å². The van der Waals surface area contributed by atoms with E-state index in [2.05, 4.69) is 135 Å². The van der Waals surface area contributed by atoms with Crippen molar-refractivity contribution in [1.29, 1.82) is 0 Å². The van der Waals surface area contributed by atoms with Gasteiger partial charge in [-0.05, 0) is 105 Å². The van der Waals surface area contributed by atoms with E-state index in [-0.39, 0.29) is 5.66 Å². The first-order valence-electron chi connectivity index (χ1n) is 29.5. The van der Waals surface area contributed by atoms with Crippen LogP contribution in [0.15, 0.2) is 111 Å². The molecule has 5 aromatic rings. The molecule has 6 heteroatoms. The first-order valence-corrected chi connectivity index (χ1v) is 29.5. The van der Waals surface area contributed by atoms with Crippen molar-refractivity contribution in [2.45, 2.75) is 232 Å². The lowest BCUT2D eigenvalue weighted by molar-refractivity contribution is 0.341. The Bertz CT molecular complexity index is 2340. The van der Waals surface area contributed by atoms with Gasteiger partial charge in [-0.3, -0.25) is 0 Å². The summed E-state index contributed by atoms with van der Waals surface area (Å²) in [4.78, 5) is 5.72. The van der Waals surface area contributed by atoms with E-state index in [1.807, 2.05) is 0 Å². The van der Waals surface area contributed by atoms with Gasteiger partial charge in [0.1, 0.15) is 5.66 Å². The topological polar surface area (TPSA) is 55.9 Å². The Kier molecular flexibility index (Phi) is 22.3. The fourth-order valence-electron chi connectivity index (χ4n) is 12.0. The van der Waals surface area contributed by atoms with Crippen molar-refractivity contribution in [2.24, 2.45) is 26.4 Å². The lowest BCUT2D eigenvalue weighted by Gasteiger charge is -2.55. The van der Waals surface area contributed by atoms with E-state index in [4.69, 9.17) is 20.5 Å². The maximum Gasteiger partial charge on any atom is 0.110 e. The van der Waals surface area contributed by atoms with Gasteiger partial charge in [0, 0.05) is 46.0 Å². The molecule has 2 aliphatic rings. The summed E-state index contributed by atoms with van der Waals surface area (Å²) in [5, 5.41) is 24.3. The minimum absolute atomic E-state index is 0.0932. The third-order valence-electron chi connectivity index (χ3n) is 16.5. The molecule has 0 N–H and O–H groups in total. The van der Waals surface area contributed by atoms with Gasteiger partial charge in [0.15, 0.2) is 0 Å². The minimum Gasteiger partial charge on any atom is -0.348 e. The lowest BCUT2D eigenvalue weighted by atomic mass is 9.79. The summed E-state index contributed by atoms with van der Waals surface area (Å²) >= 11 is 0. The number of rotatable bonds is 32. The van der Waals surface area contributed by atoms with E-state index >= 15 is 0 Å². The second-order valence-electron chi connectivity index (χ2n) is 22.1. The molecule has 1 fully saturated rings. The van der Waals surface area contributed by atoms with Crippen LogP contribution in [-0.4, -0.2) is 18.8 Å². The Morgan fingerprint density at radius 1 is 0.423 bits per heavy atom. The van der Waals surface area contributed by atoms with Gasteiger partial charge in [-0.15, -0.1) is 15.3 Å². The number of fused-ring (bicyclic) bond motifs is 1. The fraction of sp³-hybridized carbons (Fsp3) is 0.600. The molecule has 1 atom stereocenters. The van der Waals surface area contributed by atoms with Crippen LogP contribution in [0.5, 0.6) is 0 Å². The van der Waals surface area contributed by atoms with Crippen LogP contribution in [0.2, 0.25) is 0 Å². The maximum absolute atomic E-state index is 5.12. The monoisotopic (exact) mass is 959 g/mol. The van der Waals surface area contributed by atoms with Crippen molar-refractivity contribution in [3.05, 3.63) is 96.6 Å². The molecule has 1 aliphatic carbocycles. The third kappa shape index (κ3) is 15.2. The number of hydrogen-bond acceptors (Lipinski definition) is 6. The Morgan fingerprint density at radius 2 is 0.845 bits per heavy atom. The molecule has 0 aromatic heterocycles.